The second-order valence-electron chi connectivity index (χ2n) is 2.52. The lowest BCUT2D eigenvalue weighted by Gasteiger charge is -2.16. The predicted octanol–water partition coefficient (Wildman–Crippen LogP) is -0.131. The average Bonchev–Trinajstić information content (AvgIpc) is 2.54. The van der Waals surface area contributed by atoms with Gasteiger partial charge in [-0.2, -0.15) is 4.98 Å². The van der Waals surface area contributed by atoms with Crippen molar-refractivity contribution in [1.82, 2.24) is 20.1 Å². The number of carbonyl (C=O) groups is 1. The number of hydrogen-bond acceptors (Lipinski definition) is 4. The summed E-state index contributed by atoms with van der Waals surface area (Å²) in [6, 6.07) is 0. The van der Waals surface area contributed by atoms with Gasteiger partial charge in [0, 0.05) is 13.1 Å². The lowest BCUT2D eigenvalue weighted by atomic mass is 10.4. The number of H-pyrrole nitrogens is 1. The van der Waals surface area contributed by atoms with Crippen LogP contribution in [0.3, 0.4) is 0 Å². The van der Waals surface area contributed by atoms with Gasteiger partial charge in [-0.1, -0.05) is 0 Å². The molecule has 3 N–H and O–H groups in total. The Hall–Kier alpha value is -1.59. The Labute approximate surface area is 76.1 Å². The van der Waals surface area contributed by atoms with E-state index in [4.69, 9.17) is 5.73 Å². The van der Waals surface area contributed by atoms with E-state index in [9.17, 15) is 4.79 Å². The molecule has 6 nitrogen and oxygen atoms in total. The van der Waals surface area contributed by atoms with Crippen molar-refractivity contribution in [3.63, 3.8) is 0 Å². The number of amides is 1. The first-order valence-corrected chi connectivity index (χ1v) is 4.16. The molecular formula is C7H13N5O. The number of carbonyl (C=O) groups excluding carboxylic acids is 1. The molecule has 0 saturated heterocycles. The van der Waals surface area contributed by atoms with Crippen LogP contribution in [-0.2, 0) is 0 Å². The summed E-state index contributed by atoms with van der Waals surface area (Å²) in [5.41, 5.74) is 5.28. The molecule has 1 aromatic rings. The van der Waals surface area contributed by atoms with Gasteiger partial charge in [0.2, 0.25) is 11.8 Å². The van der Waals surface area contributed by atoms with E-state index in [1.807, 2.05) is 13.8 Å². The Balaban J connectivity index is 2.78. The van der Waals surface area contributed by atoms with Crippen molar-refractivity contribution in [3.05, 3.63) is 5.82 Å². The fraction of sp³-hybridized carbons (Fsp3) is 0.571. The van der Waals surface area contributed by atoms with E-state index in [1.54, 1.807) is 4.90 Å². The minimum atomic E-state index is -0.172. The SMILES string of the molecule is CCN(CC)C(=O)c1nc(N)n[nH]1. The summed E-state index contributed by atoms with van der Waals surface area (Å²) >= 11 is 0. The van der Waals surface area contributed by atoms with E-state index in [1.165, 1.54) is 0 Å². The van der Waals surface area contributed by atoms with Gasteiger partial charge in [0.1, 0.15) is 0 Å². The van der Waals surface area contributed by atoms with Crippen LogP contribution in [0.25, 0.3) is 0 Å². The van der Waals surface area contributed by atoms with E-state index in [-0.39, 0.29) is 17.7 Å². The van der Waals surface area contributed by atoms with Gasteiger partial charge in [0.05, 0.1) is 0 Å². The number of rotatable bonds is 3. The van der Waals surface area contributed by atoms with E-state index in [0.29, 0.717) is 13.1 Å². The number of nitrogens with zero attached hydrogens (tertiary/aromatic N) is 3. The highest BCUT2D eigenvalue weighted by Gasteiger charge is 2.15. The zero-order chi connectivity index (χ0) is 9.84. The summed E-state index contributed by atoms with van der Waals surface area (Å²) in [7, 11) is 0. The maximum atomic E-state index is 11.6. The van der Waals surface area contributed by atoms with Crippen LogP contribution in [0, 0.1) is 0 Å². The molecule has 0 aromatic carbocycles. The third kappa shape index (κ3) is 1.95. The van der Waals surface area contributed by atoms with Crippen molar-refractivity contribution in [2.24, 2.45) is 0 Å². The predicted molar refractivity (Wildman–Crippen MR) is 48.0 cm³/mol. The zero-order valence-electron chi connectivity index (χ0n) is 7.74. The van der Waals surface area contributed by atoms with Crippen molar-refractivity contribution in [1.29, 1.82) is 0 Å². The molecular weight excluding hydrogens is 170 g/mol. The fourth-order valence-corrected chi connectivity index (χ4v) is 1.03. The highest BCUT2D eigenvalue weighted by Crippen LogP contribution is 1.99. The molecule has 0 aliphatic rings. The number of nitrogen functional groups attached to an aromatic ring is 1. The molecule has 1 heterocycles. The topological polar surface area (TPSA) is 87.9 Å². The smallest absolute Gasteiger partial charge is 0.291 e. The van der Waals surface area contributed by atoms with Gasteiger partial charge in [-0.05, 0) is 13.8 Å². The van der Waals surface area contributed by atoms with Crippen LogP contribution >= 0.6 is 0 Å². The van der Waals surface area contributed by atoms with Crippen LogP contribution in [-0.4, -0.2) is 39.1 Å². The molecule has 1 rings (SSSR count). The molecule has 0 aliphatic heterocycles. The first kappa shape index (κ1) is 9.50. The Bertz CT molecular complexity index is 291. The Morgan fingerprint density at radius 1 is 1.54 bits per heavy atom. The van der Waals surface area contributed by atoms with Crippen LogP contribution in [0.15, 0.2) is 0 Å². The highest BCUT2D eigenvalue weighted by atomic mass is 16.2. The van der Waals surface area contributed by atoms with E-state index in [0.717, 1.165) is 0 Å². The van der Waals surface area contributed by atoms with E-state index in [2.05, 4.69) is 15.2 Å². The van der Waals surface area contributed by atoms with Gasteiger partial charge in [-0.25, -0.2) is 0 Å². The molecule has 13 heavy (non-hydrogen) atoms. The Morgan fingerprint density at radius 2 is 2.15 bits per heavy atom. The van der Waals surface area contributed by atoms with Crippen LogP contribution in [0.4, 0.5) is 5.95 Å². The van der Waals surface area contributed by atoms with E-state index >= 15 is 0 Å². The van der Waals surface area contributed by atoms with Gasteiger partial charge < -0.3 is 10.6 Å². The number of nitrogens with one attached hydrogen (secondary N) is 1. The summed E-state index contributed by atoms with van der Waals surface area (Å²) in [4.78, 5) is 16.9. The maximum Gasteiger partial charge on any atom is 0.291 e. The molecule has 72 valence electrons. The molecule has 0 radical (unpaired) electrons. The first-order valence-electron chi connectivity index (χ1n) is 4.16. The van der Waals surface area contributed by atoms with Crippen LogP contribution in [0.5, 0.6) is 0 Å². The lowest BCUT2D eigenvalue weighted by molar-refractivity contribution is 0.0761. The molecule has 0 atom stereocenters. The Morgan fingerprint density at radius 3 is 2.54 bits per heavy atom. The molecule has 0 fully saturated rings. The number of anilines is 1. The summed E-state index contributed by atoms with van der Waals surface area (Å²) < 4.78 is 0. The monoisotopic (exact) mass is 183 g/mol. The maximum absolute atomic E-state index is 11.6. The molecule has 1 amide bonds. The molecule has 1 aromatic heterocycles. The molecule has 0 saturated carbocycles. The summed E-state index contributed by atoms with van der Waals surface area (Å²) in [5, 5.41) is 6.06. The van der Waals surface area contributed by atoms with Crippen molar-refractivity contribution < 1.29 is 4.79 Å². The minimum absolute atomic E-state index is 0.0931. The normalized spacial score (nSPS) is 10.0. The minimum Gasteiger partial charge on any atom is -0.366 e. The second kappa shape index (κ2) is 3.88. The number of nitrogens with two attached hydrogens (primary N) is 1. The van der Waals surface area contributed by atoms with Gasteiger partial charge in [-0.3, -0.25) is 9.89 Å². The average molecular weight is 183 g/mol. The molecule has 0 unspecified atom stereocenters. The van der Waals surface area contributed by atoms with Crippen molar-refractivity contribution in [2.45, 2.75) is 13.8 Å². The van der Waals surface area contributed by atoms with Gasteiger partial charge in [0.15, 0.2) is 0 Å². The standard InChI is InChI=1S/C7H13N5O/c1-3-12(4-2)6(13)5-9-7(8)11-10-5/h3-4H2,1-2H3,(H3,8,9,10,11). The number of hydrogen-bond donors (Lipinski definition) is 2. The molecule has 0 spiro atoms. The zero-order valence-corrected chi connectivity index (χ0v) is 7.74. The quantitative estimate of drug-likeness (QED) is 0.683. The Kier molecular flexibility index (Phi) is 2.84. The largest absolute Gasteiger partial charge is 0.366 e. The van der Waals surface area contributed by atoms with Crippen molar-refractivity contribution in [3.8, 4) is 0 Å². The highest BCUT2D eigenvalue weighted by molar-refractivity contribution is 5.90. The molecule has 6 heteroatoms. The third-order valence-electron chi connectivity index (χ3n) is 1.76. The first-order chi connectivity index (χ1) is 6.19. The molecule has 0 bridgehead atoms. The number of aromatic nitrogens is 3. The summed E-state index contributed by atoms with van der Waals surface area (Å²) in [6.07, 6.45) is 0. The van der Waals surface area contributed by atoms with Crippen molar-refractivity contribution >= 4 is 11.9 Å². The van der Waals surface area contributed by atoms with E-state index < -0.39 is 0 Å². The second-order valence-corrected chi connectivity index (χ2v) is 2.52. The molecule has 0 aliphatic carbocycles. The van der Waals surface area contributed by atoms with Crippen molar-refractivity contribution in [2.75, 3.05) is 18.8 Å². The third-order valence-corrected chi connectivity index (χ3v) is 1.76. The number of aromatic amines is 1. The summed E-state index contributed by atoms with van der Waals surface area (Å²) in [5.74, 6) is 0.117. The summed E-state index contributed by atoms with van der Waals surface area (Å²) in [6.45, 7) is 5.11. The van der Waals surface area contributed by atoms with Crippen LogP contribution in [0.2, 0.25) is 0 Å². The lowest BCUT2D eigenvalue weighted by Crippen LogP contribution is -2.31. The van der Waals surface area contributed by atoms with Crippen LogP contribution in [0.1, 0.15) is 24.5 Å². The van der Waals surface area contributed by atoms with Gasteiger partial charge in [-0.15, -0.1) is 5.10 Å². The van der Waals surface area contributed by atoms with Crippen LogP contribution < -0.4 is 5.73 Å². The van der Waals surface area contributed by atoms with Gasteiger partial charge in [0.25, 0.3) is 5.91 Å². The van der Waals surface area contributed by atoms with Gasteiger partial charge >= 0.3 is 0 Å². The fourth-order valence-electron chi connectivity index (χ4n) is 1.03.